The topological polar surface area (TPSA) is 50.8 Å². The van der Waals surface area contributed by atoms with E-state index in [0.717, 1.165) is 30.0 Å². The van der Waals surface area contributed by atoms with E-state index in [-0.39, 0.29) is 11.9 Å². The zero-order valence-electron chi connectivity index (χ0n) is 15.4. The molecule has 5 heteroatoms. The number of methoxy groups -OCH3 is 1. The highest BCUT2D eigenvalue weighted by molar-refractivity contribution is 5.94. The summed E-state index contributed by atoms with van der Waals surface area (Å²) in [6.45, 7) is 5.59. The number of nitrogens with one attached hydrogen (secondary N) is 1. The van der Waals surface area contributed by atoms with Gasteiger partial charge in [0, 0.05) is 30.8 Å². The van der Waals surface area contributed by atoms with Crippen molar-refractivity contribution in [2.24, 2.45) is 0 Å². The fourth-order valence-electron chi connectivity index (χ4n) is 3.34. The van der Waals surface area contributed by atoms with Crippen LogP contribution in [0.4, 0.5) is 0 Å². The maximum absolute atomic E-state index is 12.6. The molecule has 1 atom stereocenters. The Morgan fingerprint density at radius 1 is 1.19 bits per heavy atom. The first kappa shape index (κ1) is 18.4. The number of nitrogens with zero attached hydrogens (tertiary/aromatic N) is 1. The molecule has 0 spiro atoms. The van der Waals surface area contributed by atoms with Crippen LogP contribution in [-0.2, 0) is 4.74 Å². The lowest BCUT2D eigenvalue weighted by Crippen LogP contribution is -2.44. The van der Waals surface area contributed by atoms with Crippen molar-refractivity contribution in [1.82, 2.24) is 10.2 Å². The highest BCUT2D eigenvalue weighted by atomic mass is 16.5. The predicted molar refractivity (Wildman–Crippen MR) is 102 cm³/mol. The SMILES string of the molecule is COc1ccccc1C(CNC(=O)c1cccc(C)c1)N1CCOCC1. The fourth-order valence-corrected chi connectivity index (χ4v) is 3.34. The van der Waals surface area contributed by atoms with Crippen molar-refractivity contribution in [3.63, 3.8) is 0 Å². The molecule has 1 amide bonds. The van der Waals surface area contributed by atoms with Crippen LogP contribution >= 0.6 is 0 Å². The van der Waals surface area contributed by atoms with Gasteiger partial charge in [-0.25, -0.2) is 0 Å². The summed E-state index contributed by atoms with van der Waals surface area (Å²) in [4.78, 5) is 14.9. The first-order chi connectivity index (χ1) is 12.7. The summed E-state index contributed by atoms with van der Waals surface area (Å²) in [5.41, 5.74) is 2.85. The van der Waals surface area contributed by atoms with E-state index in [4.69, 9.17) is 9.47 Å². The third-order valence-electron chi connectivity index (χ3n) is 4.72. The molecule has 138 valence electrons. The van der Waals surface area contributed by atoms with Gasteiger partial charge < -0.3 is 14.8 Å². The van der Waals surface area contributed by atoms with Gasteiger partial charge >= 0.3 is 0 Å². The highest BCUT2D eigenvalue weighted by Gasteiger charge is 2.25. The molecule has 3 rings (SSSR count). The van der Waals surface area contributed by atoms with Gasteiger partial charge in [-0.15, -0.1) is 0 Å². The van der Waals surface area contributed by atoms with Crippen molar-refractivity contribution >= 4 is 5.91 Å². The Balaban J connectivity index is 1.78. The van der Waals surface area contributed by atoms with Gasteiger partial charge in [0.25, 0.3) is 5.91 Å². The molecule has 26 heavy (non-hydrogen) atoms. The molecule has 1 aliphatic heterocycles. The molecule has 2 aromatic carbocycles. The minimum atomic E-state index is -0.0538. The van der Waals surface area contributed by atoms with E-state index in [0.29, 0.717) is 25.3 Å². The molecular formula is C21H26N2O3. The Bertz CT molecular complexity index is 742. The van der Waals surface area contributed by atoms with Crippen molar-refractivity contribution in [2.75, 3.05) is 40.0 Å². The molecule has 1 N–H and O–H groups in total. The van der Waals surface area contributed by atoms with Crippen LogP contribution in [0.2, 0.25) is 0 Å². The van der Waals surface area contributed by atoms with E-state index in [2.05, 4.69) is 16.3 Å². The molecule has 0 radical (unpaired) electrons. The standard InChI is InChI=1S/C21H26N2O3/c1-16-6-5-7-17(14-16)21(24)22-15-19(23-10-12-26-13-11-23)18-8-3-4-9-20(18)25-2/h3-9,14,19H,10-13,15H2,1-2H3,(H,22,24). The largest absolute Gasteiger partial charge is 0.496 e. The van der Waals surface area contributed by atoms with Crippen molar-refractivity contribution in [3.8, 4) is 5.75 Å². The summed E-state index contributed by atoms with van der Waals surface area (Å²) in [5, 5.41) is 3.10. The molecule has 1 aliphatic rings. The molecule has 0 bridgehead atoms. The van der Waals surface area contributed by atoms with Gasteiger partial charge in [-0.3, -0.25) is 9.69 Å². The van der Waals surface area contributed by atoms with Gasteiger partial charge in [-0.05, 0) is 25.1 Å². The van der Waals surface area contributed by atoms with Crippen molar-refractivity contribution in [2.45, 2.75) is 13.0 Å². The van der Waals surface area contributed by atoms with Crippen LogP contribution in [0.25, 0.3) is 0 Å². The molecule has 1 saturated heterocycles. The van der Waals surface area contributed by atoms with Crippen molar-refractivity contribution in [3.05, 3.63) is 65.2 Å². The quantitative estimate of drug-likeness (QED) is 0.867. The molecule has 1 fully saturated rings. The van der Waals surface area contributed by atoms with Crippen LogP contribution in [0, 0.1) is 6.92 Å². The summed E-state index contributed by atoms with van der Waals surface area (Å²) in [5.74, 6) is 0.788. The summed E-state index contributed by atoms with van der Waals surface area (Å²) in [6, 6.07) is 15.7. The number of hydrogen-bond acceptors (Lipinski definition) is 4. The van der Waals surface area contributed by atoms with Gasteiger partial charge in [0.05, 0.1) is 26.4 Å². The number of amides is 1. The third-order valence-corrected chi connectivity index (χ3v) is 4.72. The highest BCUT2D eigenvalue weighted by Crippen LogP contribution is 2.29. The average molecular weight is 354 g/mol. The minimum absolute atomic E-state index is 0.0452. The van der Waals surface area contributed by atoms with Gasteiger partial charge in [0.1, 0.15) is 5.75 Å². The minimum Gasteiger partial charge on any atom is -0.496 e. The van der Waals surface area contributed by atoms with Crippen LogP contribution in [0.15, 0.2) is 48.5 Å². The van der Waals surface area contributed by atoms with Crippen molar-refractivity contribution in [1.29, 1.82) is 0 Å². The Morgan fingerprint density at radius 3 is 2.69 bits per heavy atom. The average Bonchev–Trinajstić information content (AvgIpc) is 2.69. The fraction of sp³-hybridized carbons (Fsp3) is 0.381. The number of carbonyl (C=O) groups is 1. The van der Waals surface area contributed by atoms with E-state index < -0.39 is 0 Å². The smallest absolute Gasteiger partial charge is 0.251 e. The van der Waals surface area contributed by atoms with Crippen LogP contribution in [0.3, 0.4) is 0 Å². The lowest BCUT2D eigenvalue weighted by atomic mass is 10.0. The number of benzene rings is 2. The summed E-state index contributed by atoms with van der Waals surface area (Å²) >= 11 is 0. The van der Waals surface area contributed by atoms with E-state index in [1.807, 2.05) is 49.4 Å². The Kier molecular flexibility index (Phi) is 6.26. The Hall–Kier alpha value is -2.37. The van der Waals surface area contributed by atoms with E-state index in [9.17, 15) is 4.79 Å². The van der Waals surface area contributed by atoms with Crippen molar-refractivity contribution < 1.29 is 14.3 Å². The molecule has 0 saturated carbocycles. The van der Waals surface area contributed by atoms with Crippen LogP contribution in [0.5, 0.6) is 5.75 Å². The number of carbonyl (C=O) groups excluding carboxylic acids is 1. The molecule has 1 heterocycles. The van der Waals surface area contributed by atoms with E-state index >= 15 is 0 Å². The molecule has 0 aromatic heterocycles. The summed E-state index contributed by atoms with van der Waals surface area (Å²) in [7, 11) is 1.68. The molecule has 0 aliphatic carbocycles. The lowest BCUT2D eigenvalue weighted by molar-refractivity contribution is 0.0157. The Morgan fingerprint density at radius 2 is 1.96 bits per heavy atom. The van der Waals surface area contributed by atoms with Gasteiger partial charge in [0.2, 0.25) is 0 Å². The number of rotatable bonds is 6. The normalized spacial score (nSPS) is 16.1. The number of aryl methyl sites for hydroxylation is 1. The van der Waals surface area contributed by atoms with Gasteiger partial charge in [0.15, 0.2) is 0 Å². The summed E-state index contributed by atoms with van der Waals surface area (Å²) in [6.07, 6.45) is 0. The lowest BCUT2D eigenvalue weighted by Gasteiger charge is -2.35. The monoisotopic (exact) mass is 354 g/mol. The molecule has 1 unspecified atom stereocenters. The number of morpholine rings is 1. The Labute approximate surface area is 154 Å². The third kappa shape index (κ3) is 4.42. The van der Waals surface area contributed by atoms with E-state index in [1.54, 1.807) is 7.11 Å². The van der Waals surface area contributed by atoms with Crippen LogP contribution < -0.4 is 10.1 Å². The zero-order chi connectivity index (χ0) is 18.4. The molecular weight excluding hydrogens is 328 g/mol. The van der Waals surface area contributed by atoms with E-state index in [1.165, 1.54) is 0 Å². The molecule has 5 nitrogen and oxygen atoms in total. The first-order valence-electron chi connectivity index (χ1n) is 8.98. The van der Waals surface area contributed by atoms with Crippen LogP contribution in [0.1, 0.15) is 27.5 Å². The maximum atomic E-state index is 12.6. The second-order valence-corrected chi connectivity index (χ2v) is 6.49. The summed E-state index contributed by atoms with van der Waals surface area (Å²) < 4.78 is 11.0. The van der Waals surface area contributed by atoms with Gasteiger partial charge in [-0.2, -0.15) is 0 Å². The maximum Gasteiger partial charge on any atom is 0.251 e. The second-order valence-electron chi connectivity index (χ2n) is 6.49. The number of hydrogen-bond donors (Lipinski definition) is 1. The number of ether oxygens (including phenoxy) is 2. The number of para-hydroxylation sites is 1. The molecule has 2 aromatic rings. The second kappa shape index (κ2) is 8.83. The van der Waals surface area contributed by atoms with Gasteiger partial charge in [-0.1, -0.05) is 35.9 Å². The van der Waals surface area contributed by atoms with Crippen LogP contribution in [-0.4, -0.2) is 50.8 Å². The zero-order valence-corrected chi connectivity index (χ0v) is 15.4. The predicted octanol–water partition coefficient (Wildman–Crippen LogP) is 2.81. The first-order valence-corrected chi connectivity index (χ1v) is 8.98.